The summed E-state index contributed by atoms with van der Waals surface area (Å²) < 4.78 is 0. The van der Waals surface area contributed by atoms with Gasteiger partial charge in [-0.05, 0) is 43.5 Å². The van der Waals surface area contributed by atoms with Crippen LogP contribution < -0.4 is 5.32 Å². The van der Waals surface area contributed by atoms with Crippen LogP contribution in [0.2, 0.25) is 0 Å². The zero-order valence-corrected chi connectivity index (χ0v) is 11.3. The van der Waals surface area contributed by atoms with Crippen LogP contribution in [0.25, 0.3) is 0 Å². The summed E-state index contributed by atoms with van der Waals surface area (Å²) in [5.74, 6) is 2.40. The van der Waals surface area contributed by atoms with E-state index in [1.807, 2.05) is 0 Å². The monoisotopic (exact) mass is 235 g/mol. The molecule has 1 aliphatic rings. The van der Waals surface area contributed by atoms with Crippen LogP contribution in [-0.2, 0) is 5.75 Å². The van der Waals surface area contributed by atoms with E-state index < -0.39 is 0 Å². The molecule has 0 radical (unpaired) electrons. The molecule has 1 nitrogen and oxygen atoms in total. The molecule has 0 aliphatic carbocycles. The number of nitrogens with one attached hydrogen (secondary N) is 1. The van der Waals surface area contributed by atoms with Gasteiger partial charge in [0.2, 0.25) is 0 Å². The van der Waals surface area contributed by atoms with Crippen LogP contribution >= 0.6 is 11.8 Å². The van der Waals surface area contributed by atoms with Gasteiger partial charge in [0.05, 0.1) is 0 Å². The Kier molecular flexibility index (Phi) is 3.93. The Labute approximate surface area is 103 Å². The number of aryl methyl sites for hydroxylation is 2. The molecule has 1 aromatic rings. The second kappa shape index (κ2) is 5.24. The molecule has 0 saturated carbocycles. The highest BCUT2D eigenvalue weighted by atomic mass is 32.2. The molecular formula is C14H21NS. The maximum absolute atomic E-state index is 3.67. The van der Waals surface area contributed by atoms with Crippen molar-refractivity contribution in [3.8, 4) is 0 Å². The average Bonchev–Trinajstić information content (AvgIpc) is 2.25. The van der Waals surface area contributed by atoms with Crippen LogP contribution in [-0.4, -0.2) is 12.3 Å². The van der Waals surface area contributed by atoms with Crippen molar-refractivity contribution in [3.05, 3.63) is 34.4 Å². The molecule has 2 heteroatoms. The molecule has 1 unspecified atom stereocenters. The standard InChI is InChI=1S/C14H21NS/c1-4-5-15-13-9-16-8-12-7-10(2)6-11(3)14(12)13/h6-7,13,15H,4-5,8-9H2,1-3H3. The summed E-state index contributed by atoms with van der Waals surface area (Å²) in [4.78, 5) is 0. The number of rotatable bonds is 3. The van der Waals surface area contributed by atoms with Crippen molar-refractivity contribution in [1.82, 2.24) is 5.32 Å². The number of benzene rings is 1. The number of fused-ring (bicyclic) bond motifs is 1. The summed E-state index contributed by atoms with van der Waals surface area (Å²) >= 11 is 2.05. The lowest BCUT2D eigenvalue weighted by atomic mass is 9.94. The maximum atomic E-state index is 3.67. The van der Waals surface area contributed by atoms with Gasteiger partial charge in [0.1, 0.15) is 0 Å². The van der Waals surface area contributed by atoms with Crippen molar-refractivity contribution in [1.29, 1.82) is 0 Å². The van der Waals surface area contributed by atoms with Gasteiger partial charge in [-0.15, -0.1) is 0 Å². The fourth-order valence-electron chi connectivity index (χ4n) is 2.53. The zero-order valence-electron chi connectivity index (χ0n) is 10.5. The summed E-state index contributed by atoms with van der Waals surface area (Å²) in [5.41, 5.74) is 5.97. The third kappa shape index (κ3) is 2.44. The minimum Gasteiger partial charge on any atom is -0.309 e. The minimum atomic E-state index is 0.564. The molecule has 1 N–H and O–H groups in total. The zero-order chi connectivity index (χ0) is 11.5. The third-order valence-corrected chi connectivity index (χ3v) is 4.23. The van der Waals surface area contributed by atoms with Gasteiger partial charge in [-0.3, -0.25) is 0 Å². The molecule has 1 aliphatic heterocycles. The number of thioether (sulfide) groups is 1. The van der Waals surface area contributed by atoms with Crippen LogP contribution in [0.5, 0.6) is 0 Å². The predicted molar refractivity (Wildman–Crippen MR) is 73.1 cm³/mol. The Balaban J connectivity index is 2.30. The Morgan fingerprint density at radius 3 is 2.94 bits per heavy atom. The van der Waals surface area contributed by atoms with Crippen LogP contribution in [0.1, 0.15) is 41.6 Å². The minimum absolute atomic E-state index is 0.564. The van der Waals surface area contributed by atoms with Crippen LogP contribution in [0.15, 0.2) is 12.1 Å². The van der Waals surface area contributed by atoms with E-state index in [9.17, 15) is 0 Å². The van der Waals surface area contributed by atoms with E-state index in [-0.39, 0.29) is 0 Å². The molecule has 0 amide bonds. The van der Waals surface area contributed by atoms with E-state index >= 15 is 0 Å². The number of hydrogen-bond donors (Lipinski definition) is 1. The molecule has 0 spiro atoms. The van der Waals surface area contributed by atoms with Gasteiger partial charge >= 0.3 is 0 Å². The van der Waals surface area contributed by atoms with Crippen LogP contribution in [0.4, 0.5) is 0 Å². The van der Waals surface area contributed by atoms with Gasteiger partial charge in [-0.1, -0.05) is 24.6 Å². The van der Waals surface area contributed by atoms with Gasteiger partial charge in [0, 0.05) is 17.5 Å². The van der Waals surface area contributed by atoms with E-state index in [2.05, 4.69) is 50.0 Å². The molecular weight excluding hydrogens is 214 g/mol. The normalized spacial score (nSPS) is 19.6. The van der Waals surface area contributed by atoms with Crippen molar-refractivity contribution < 1.29 is 0 Å². The van der Waals surface area contributed by atoms with E-state index in [1.165, 1.54) is 29.1 Å². The van der Waals surface area contributed by atoms with Crippen molar-refractivity contribution in [2.75, 3.05) is 12.3 Å². The Morgan fingerprint density at radius 2 is 2.19 bits per heavy atom. The first kappa shape index (κ1) is 12.0. The fraction of sp³-hybridized carbons (Fsp3) is 0.571. The first-order chi connectivity index (χ1) is 7.72. The van der Waals surface area contributed by atoms with E-state index in [1.54, 1.807) is 11.1 Å². The van der Waals surface area contributed by atoms with E-state index in [0.29, 0.717) is 6.04 Å². The summed E-state index contributed by atoms with van der Waals surface area (Å²) in [6.45, 7) is 7.80. The second-order valence-corrected chi connectivity index (χ2v) is 5.71. The molecule has 2 rings (SSSR count). The summed E-state index contributed by atoms with van der Waals surface area (Å²) in [6, 6.07) is 5.24. The van der Waals surface area contributed by atoms with Gasteiger partial charge in [-0.25, -0.2) is 0 Å². The molecule has 1 atom stereocenters. The third-order valence-electron chi connectivity index (χ3n) is 3.15. The lowest BCUT2D eigenvalue weighted by Gasteiger charge is -2.28. The van der Waals surface area contributed by atoms with Crippen molar-refractivity contribution >= 4 is 11.8 Å². The first-order valence-corrected chi connectivity index (χ1v) is 7.29. The molecule has 0 aromatic heterocycles. The molecule has 0 saturated heterocycles. The highest BCUT2D eigenvalue weighted by Gasteiger charge is 2.21. The largest absolute Gasteiger partial charge is 0.309 e. The summed E-state index contributed by atoms with van der Waals surface area (Å²) in [7, 11) is 0. The molecule has 0 bridgehead atoms. The molecule has 16 heavy (non-hydrogen) atoms. The highest BCUT2D eigenvalue weighted by Crippen LogP contribution is 2.34. The molecule has 1 heterocycles. The van der Waals surface area contributed by atoms with Gasteiger partial charge < -0.3 is 5.32 Å². The number of hydrogen-bond acceptors (Lipinski definition) is 2. The van der Waals surface area contributed by atoms with Crippen molar-refractivity contribution in [2.24, 2.45) is 0 Å². The quantitative estimate of drug-likeness (QED) is 0.859. The molecule has 88 valence electrons. The van der Waals surface area contributed by atoms with E-state index in [0.717, 1.165) is 6.54 Å². The summed E-state index contributed by atoms with van der Waals surface area (Å²) in [5, 5.41) is 3.67. The topological polar surface area (TPSA) is 12.0 Å². The molecule has 0 fully saturated rings. The first-order valence-electron chi connectivity index (χ1n) is 6.13. The molecule has 1 aromatic carbocycles. The van der Waals surface area contributed by atoms with Crippen molar-refractivity contribution in [3.63, 3.8) is 0 Å². The summed E-state index contributed by atoms with van der Waals surface area (Å²) in [6.07, 6.45) is 1.21. The van der Waals surface area contributed by atoms with Crippen molar-refractivity contribution in [2.45, 2.75) is 39.0 Å². The fourth-order valence-corrected chi connectivity index (χ4v) is 3.63. The Hall–Kier alpha value is -0.470. The lowest BCUT2D eigenvalue weighted by molar-refractivity contribution is 0.568. The Bertz CT molecular complexity index is 373. The average molecular weight is 235 g/mol. The predicted octanol–water partition coefficient (Wildman–Crippen LogP) is 3.59. The van der Waals surface area contributed by atoms with Gasteiger partial charge in [-0.2, -0.15) is 11.8 Å². The Morgan fingerprint density at radius 1 is 1.38 bits per heavy atom. The maximum Gasteiger partial charge on any atom is 0.0417 e. The van der Waals surface area contributed by atoms with Gasteiger partial charge in [0.25, 0.3) is 0 Å². The van der Waals surface area contributed by atoms with Crippen LogP contribution in [0.3, 0.4) is 0 Å². The lowest BCUT2D eigenvalue weighted by Crippen LogP contribution is -2.28. The van der Waals surface area contributed by atoms with E-state index in [4.69, 9.17) is 0 Å². The SMILES string of the molecule is CCCNC1CSCc2cc(C)cc(C)c21. The van der Waals surface area contributed by atoms with Gasteiger partial charge in [0.15, 0.2) is 0 Å². The highest BCUT2D eigenvalue weighted by molar-refractivity contribution is 7.98. The second-order valence-electron chi connectivity index (χ2n) is 4.68. The van der Waals surface area contributed by atoms with Crippen LogP contribution in [0, 0.1) is 13.8 Å². The smallest absolute Gasteiger partial charge is 0.0417 e.